The fourth-order valence-electron chi connectivity index (χ4n) is 2.06. The summed E-state index contributed by atoms with van der Waals surface area (Å²) >= 11 is 0. The molecule has 1 aliphatic heterocycles. The van der Waals surface area contributed by atoms with Crippen molar-refractivity contribution in [2.45, 2.75) is 6.42 Å². The van der Waals surface area contributed by atoms with Gasteiger partial charge in [0.2, 0.25) is 0 Å². The summed E-state index contributed by atoms with van der Waals surface area (Å²) in [6, 6.07) is 0. The molecular formula is C11H24N2O4S2. The Balaban J connectivity index is 2.35. The van der Waals surface area contributed by atoms with Crippen molar-refractivity contribution in [2.75, 3.05) is 63.3 Å². The lowest BCUT2D eigenvalue weighted by atomic mass is 10.4. The van der Waals surface area contributed by atoms with Gasteiger partial charge in [0, 0.05) is 38.7 Å². The molecule has 0 N–H and O–H groups in total. The Labute approximate surface area is 116 Å². The number of sulfone groups is 2. The highest BCUT2D eigenvalue weighted by Gasteiger charge is 2.16. The molecule has 0 saturated carbocycles. The summed E-state index contributed by atoms with van der Waals surface area (Å²) < 4.78 is 44.5. The Morgan fingerprint density at radius 3 is 1.42 bits per heavy atom. The van der Waals surface area contributed by atoms with E-state index in [0.717, 1.165) is 32.6 Å². The van der Waals surface area contributed by atoms with Gasteiger partial charge >= 0.3 is 0 Å². The zero-order valence-corrected chi connectivity index (χ0v) is 13.3. The second-order valence-corrected chi connectivity index (χ2v) is 9.82. The summed E-state index contributed by atoms with van der Waals surface area (Å²) in [6.07, 6.45) is 3.46. The zero-order chi connectivity index (χ0) is 14.5. The fourth-order valence-corrected chi connectivity index (χ4v) is 3.24. The molecular weight excluding hydrogens is 288 g/mol. The molecule has 0 aliphatic carbocycles. The highest BCUT2D eigenvalue weighted by atomic mass is 32.2. The van der Waals surface area contributed by atoms with Gasteiger partial charge in [0.05, 0.1) is 11.5 Å². The minimum absolute atomic E-state index is 0.191. The van der Waals surface area contributed by atoms with Gasteiger partial charge in [-0.15, -0.1) is 0 Å². The first-order valence-corrected chi connectivity index (χ1v) is 10.6. The van der Waals surface area contributed by atoms with Crippen LogP contribution in [-0.2, 0) is 19.7 Å². The lowest BCUT2D eigenvalue weighted by Crippen LogP contribution is -2.35. The first kappa shape index (κ1) is 16.9. The van der Waals surface area contributed by atoms with E-state index in [0.29, 0.717) is 13.1 Å². The molecule has 0 radical (unpaired) electrons. The van der Waals surface area contributed by atoms with Crippen LogP contribution in [0.3, 0.4) is 0 Å². The van der Waals surface area contributed by atoms with E-state index in [1.165, 1.54) is 12.5 Å². The first-order chi connectivity index (χ1) is 8.66. The van der Waals surface area contributed by atoms with Gasteiger partial charge in [-0.2, -0.15) is 0 Å². The number of rotatable bonds is 6. The Kier molecular flexibility index (Phi) is 6.22. The van der Waals surface area contributed by atoms with Crippen LogP contribution >= 0.6 is 0 Å². The summed E-state index contributed by atoms with van der Waals surface area (Å²) in [5, 5.41) is 0. The van der Waals surface area contributed by atoms with E-state index in [2.05, 4.69) is 9.80 Å². The molecule has 6 nitrogen and oxygen atoms in total. The minimum atomic E-state index is -2.91. The van der Waals surface area contributed by atoms with Gasteiger partial charge in [0.25, 0.3) is 0 Å². The summed E-state index contributed by atoms with van der Waals surface area (Å²) in [4.78, 5) is 4.28. The molecule has 114 valence electrons. The molecule has 0 spiro atoms. The van der Waals surface area contributed by atoms with E-state index < -0.39 is 19.7 Å². The molecule has 8 heteroatoms. The van der Waals surface area contributed by atoms with Crippen molar-refractivity contribution in [3.05, 3.63) is 0 Å². The molecule has 0 unspecified atom stereocenters. The van der Waals surface area contributed by atoms with Crippen molar-refractivity contribution >= 4 is 19.7 Å². The standard InChI is InChI=1S/C11H24N2O4S2/c1-18(14,15)10-8-12-4-3-5-13(7-6-12)9-11-19(2,16)17/h3-11H2,1-2H3. The lowest BCUT2D eigenvalue weighted by molar-refractivity contribution is 0.272. The monoisotopic (exact) mass is 312 g/mol. The van der Waals surface area contributed by atoms with Crippen LogP contribution < -0.4 is 0 Å². The van der Waals surface area contributed by atoms with E-state index in [1.807, 2.05) is 0 Å². The van der Waals surface area contributed by atoms with Crippen molar-refractivity contribution < 1.29 is 16.8 Å². The van der Waals surface area contributed by atoms with Crippen LogP contribution in [0.1, 0.15) is 6.42 Å². The lowest BCUT2D eigenvalue weighted by Gasteiger charge is -2.21. The van der Waals surface area contributed by atoms with Crippen LogP contribution in [0, 0.1) is 0 Å². The molecule has 0 aromatic carbocycles. The van der Waals surface area contributed by atoms with E-state index in [4.69, 9.17) is 0 Å². The SMILES string of the molecule is CS(=O)(=O)CCN1CCCN(CCS(C)(=O)=O)CC1. The smallest absolute Gasteiger partial charge is 0.148 e. The molecule has 0 amide bonds. The maximum absolute atomic E-state index is 11.1. The van der Waals surface area contributed by atoms with E-state index in [1.54, 1.807) is 0 Å². The Morgan fingerprint density at radius 2 is 1.11 bits per heavy atom. The molecule has 19 heavy (non-hydrogen) atoms. The van der Waals surface area contributed by atoms with E-state index in [-0.39, 0.29) is 11.5 Å². The van der Waals surface area contributed by atoms with Gasteiger partial charge in [-0.3, -0.25) is 0 Å². The van der Waals surface area contributed by atoms with Crippen LogP contribution in [0.4, 0.5) is 0 Å². The van der Waals surface area contributed by atoms with Crippen molar-refractivity contribution in [2.24, 2.45) is 0 Å². The number of hydrogen-bond donors (Lipinski definition) is 0. The Bertz CT molecular complexity index is 429. The fraction of sp³-hybridized carbons (Fsp3) is 1.00. The van der Waals surface area contributed by atoms with Gasteiger partial charge in [0.1, 0.15) is 19.7 Å². The molecule has 1 fully saturated rings. The highest BCUT2D eigenvalue weighted by molar-refractivity contribution is 7.90. The largest absolute Gasteiger partial charge is 0.301 e. The Hall–Kier alpha value is -0.180. The molecule has 0 aromatic rings. The third-order valence-electron chi connectivity index (χ3n) is 3.24. The molecule has 0 atom stereocenters. The van der Waals surface area contributed by atoms with Gasteiger partial charge in [-0.1, -0.05) is 0 Å². The molecule has 0 aromatic heterocycles. The average Bonchev–Trinajstić information content (AvgIpc) is 2.47. The quantitative estimate of drug-likeness (QED) is 0.632. The molecule has 1 heterocycles. The second kappa shape index (κ2) is 7.01. The first-order valence-electron chi connectivity index (χ1n) is 6.46. The minimum Gasteiger partial charge on any atom is -0.301 e. The third kappa shape index (κ3) is 8.56. The highest BCUT2D eigenvalue weighted by Crippen LogP contribution is 2.04. The summed E-state index contributed by atoms with van der Waals surface area (Å²) in [5.41, 5.74) is 0. The topological polar surface area (TPSA) is 74.8 Å². The summed E-state index contributed by atoms with van der Waals surface area (Å²) in [5.74, 6) is 0.382. The van der Waals surface area contributed by atoms with Crippen molar-refractivity contribution in [1.29, 1.82) is 0 Å². The average molecular weight is 312 g/mol. The van der Waals surface area contributed by atoms with Crippen LogP contribution in [0.5, 0.6) is 0 Å². The predicted octanol–water partition coefficient (Wildman–Crippen LogP) is -0.917. The van der Waals surface area contributed by atoms with Gasteiger partial charge in [-0.25, -0.2) is 16.8 Å². The number of hydrogen-bond acceptors (Lipinski definition) is 6. The van der Waals surface area contributed by atoms with Crippen LogP contribution in [0.2, 0.25) is 0 Å². The molecule has 1 saturated heterocycles. The summed E-state index contributed by atoms with van der Waals surface area (Å²) in [6.45, 7) is 4.51. The molecule has 1 aliphatic rings. The van der Waals surface area contributed by atoms with Crippen LogP contribution in [0.15, 0.2) is 0 Å². The van der Waals surface area contributed by atoms with Gasteiger partial charge < -0.3 is 9.80 Å². The van der Waals surface area contributed by atoms with E-state index >= 15 is 0 Å². The van der Waals surface area contributed by atoms with E-state index in [9.17, 15) is 16.8 Å². The zero-order valence-electron chi connectivity index (χ0n) is 11.7. The maximum Gasteiger partial charge on any atom is 0.148 e. The second-order valence-electron chi connectivity index (χ2n) is 5.30. The number of nitrogens with zero attached hydrogens (tertiary/aromatic N) is 2. The van der Waals surface area contributed by atoms with Gasteiger partial charge in [0.15, 0.2) is 0 Å². The molecule has 0 bridgehead atoms. The predicted molar refractivity (Wildman–Crippen MR) is 76.9 cm³/mol. The molecule has 1 rings (SSSR count). The van der Waals surface area contributed by atoms with Crippen molar-refractivity contribution in [1.82, 2.24) is 9.80 Å². The van der Waals surface area contributed by atoms with Crippen LogP contribution in [0.25, 0.3) is 0 Å². The maximum atomic E-state index is 11.1. The Morgan fingerprint density at radius 1 is 0.737 bits per heavy atom. The van der Waals surface area contributed by atoms with Crippen LogP contribution in [-0.4, -0.2) is 89.9 Å². The third-order valence-corrected chi connectivity index (χ3v) is 5.09. The summed E-state index contributed by atoms with van der Waals surface area (Å²) in [7, 11) is -5.83. The normalized spacial score (nSPS) is 20.3. The van der Waals surface area contributed by atoms with Crippen molar-refractivity contribution in [3.63, 3.8) is 0 Å². The van der Waals surface area contributed by atoms with Crippen molar-refractivity contribution in [3.8, 4) is 0 Å². The van der Waals surface area contributed by atoms with Gasteiger partial charge in [-0.05, 0) is 19.5 Å².